The van der Waals surface area contributed by atoms with Gasteiger partial charge in [-0.25, -0.2) is 0 Å². The Labute approximate surface area is 124 Å². The lowest BCUT2D eigenvalue weighted by Crippen LogP contribution is -2.53. The highest BCUT2D eigenvalue weighted by Crippen LogP contribution is 2.31. The Morgan fingerprint density at radius 1 is 1.24 bits per heavy atom. The number of anilines is 2. The molecule has 0 bridgehead atoms. The van der Waals surface area contributed by atoms with E-state index in [-0.39, 0.29) is 18.2 Å². The average molecular weight is 293 g/mol. The van der Waals surface area contributed by atoms with Crippen molar-refractivity contribution in [1.82, 2.24) is 15.0 Å². The highest BCUT2D eigenvalue weighted by molar-refractivity contribution is 5.38. The minimum absolute atomic E-state index is 0.00627. The van der Waals surface area contributed by atoms with Gasteiger partial charge in [-0.1, -0.05) is 12.8 Å². The summed E-state index contributed by atoms with van der Waals surface area (Å²) in [5.41, 5.74) is 5.81. The second-order valence-electron chi connectivity index (χ2n) is 5.90. The van der Waals surface area contributed by atoms with Crippen LogP contribution in [0.4, 0.5) is 11.9 Å². The van der Waals surface area contributed by atoms with E-state index in [1.54, 1.807) is 0 Å². The van der Waals surface area contributed by atoms with E-state index in [1.807, 2.05) is 13.8 Å². The Morgan fingerprint density at radius 2 is 2.05 bits per heavy atom. The largest absolute Gasteiger partial charge is 0.461 e. The van der Waals surface area contributed by atoms with Crippen molar-refractivity contribution in [2.45, 2.75) is 57.8 Å². The van der Waals surface area contributed by atoms with Gasteiger partial charge in [-0.2, -0.15) is 15.0 Å². The van der Waals surface area contributed by atoms with Gasteiger partial charge >= 0.3 is 6.01 Å². The molecule has 21 heavy (non-hydrogen) atoms. The highest BCUT2D eigenvalue weighted by atomic mass is 16.5. The van der Waals surface area contributed by atoms with Crippen molar-refractivity contribution in [3.8, 4) is 6.01 Å². The average Bonchev–Trinajstić information content (AvgIpc) is 2.45. The third kappa shape index (κ3) is 3.18. The minimum atomic E-state index is 0.00627. The third-order valence-electron chi connectivity index (χ3n) is 3.95. The summed E-state index contributed by atoms with van der Waals surface area (Å²) in [4.78, 5) is 15.0. The molecule has 0 aromatic carbocycles. The molecule has 0 radical (unpaired) electrons. The van der Waals surface area contributed by atoms with Crippen LogP contribution >= 0.6 is 0 Å². The molecule has 1 aromatic rings. The Hall–Kier alpha value is -1.63. The fourth-order valence-corrected chi connectivity index (χ4v) is 3.10. The van der Waals surface area contributed by atoms with Gasteiger partial charge in [0.2, 0.25) is 11.9 Å². The first-order valence-electron chi connectivity index (χ1n) is 7.70. The van der Waals surface area contributed by atoms with Gasteiger partial charge in [-0.05, 0) is 26.7 Å². The zero-order chi connectivity index (χ0) is 14.8. The molecule has 0 spiro atoms. The topological polar surface area (TPSA) is 86.4 Å². The molecular formula is C14H23N5O2. The maximum atomic E-state index is 5.88. The van der Waals surface area contributed by atoms with Gasteiger partial charge in [0.25, 0.3) is 0 Å². The molecule has 0 amide bonds. The number of ether oxygens (including phenoxy) is 2. The molecule has 1 saturated carbocycles. The van der Waals surface area contributed by atoms with Gasteiger partial charge in [0.05, 0.1) is 24.9 Å². The number of hydrogen-bond donors (Lipinski definition) is 1. The number of nitrogen functional groups attached to an aromatic ring is 1. The summed E-state index contributed by atoms with van der Waals surface area (Å²) in [5.74, 6) is 0.813. The molecule has 1 aliphatic carbocycles. The summed E-state index contributed by atoms with van der Waals surface area (Å²) in [5, 5.41) is 0. The summed E-state index contributed by atoms with van der Waals surface area (Å²) in [6.07, 6.45) is 4.95. The van der Waals surface area contributed by atoms with Crippen LogP contribution in [0.2, 0.25) is 0 Å². The predicted molar refractivity (Wildman–Crippen MR) is 79.3 cm³/mol. The maximum absolute atomic E-state index is 5.88. The number of nitrogens with two attached hydrogens (primary N) is 1. The van der Waals surface area contributed by atoms with Crippen molar-refractivity contribution in [3.05, 3.63) is 0 Å². The summed E-state index contributed by atoms with van der Waals surface area (Å²) >= 11 is 0. The van der Waals surface area contributed by atoms with E-state index in [1.165, 1.54) is 12.8 Å². The van der Waals surface area contributed by atoms with Gasteiger partial charge < -0.3 is 20.1 Å². The summed E-state index contributed by atoms with van der Waals surface area (Å²) < 4.78 is 11.4. The Balaban J connectivity index is 1.85. The lowest BCUT2D eigenvalue weighted by atomic mass is 9.90. The molecule has 2 heterocycles. The molecule has 7 nitrogen and oxygen atoms in total. The molecular weight excluding hydrogens is 270 g/mol. The van der Waals surface area contributed by atoms with E-state index in [9.17, 15) is 0 Å². The van der Waals surface area contributed by atoms with Crippen LogP contribution < -0.4 is 15.4 Å². The molecule has 7 heteroatoms. The third-order valence-corrected chi connectivity index (χ3v) is 3.95. The van der Waals surface area contributed by atoms with E-state index in [0.717, 1.165) is 19.4 Å². The van der Waals surface area contributed by atoms with E-state index >= 15 is 0 Å². The molecule has 1 aromatic heterocycles. The normalized spacial score (nSPS) is 25.8. The van der Waals surface area contributed by atoms with Crippen molar-refractivity contribution in [1.29, 1.82) is 0 Å². The molecule has 2 atom stereocenters. The van der Waals surface area contributed by atoms with Crippen molar-refractivity contribution in [3.63, 3.8) is 0 Å². The monoisotopic (exact) mass is 293 g/mol. The standard InChI is InChI=1S/C14H23N5O2/c1-9(2)21-14-17-12(15)16-13(18-14)19-7-8-20-11-6-4-3-5-10(11)19/h9-11H,3-8H2,1-2H3,(H2,15,16,17,18). The van der Waals surface area contributed by atoms with Crippen LogP contribution in [0.15, 0.2) is 0 Å². The first kappa shape index (κ1) is 14.3. The van der Waals surface area contributed by atoms with Crippen molar-refractivity contribution in [2.75, 3.05) is 23.8 Å². The Kier molecular flexibility index (Phi) is 4.10. The lowest BCUT2D eigenvalue weighted by molar-refractivity contribution is -0.00939. The summed E-state index contributed by atoms with van der Waals surface area (Å²) in [6.45, 7) is 5.36. The quantitative estimate of drug-likeness (QED) is 0.901. The van der Waals surface area contributed by atoms with Crippen LogP contribution in [-0.4, -0.2) is 46.4 Å². The van der Waals surface area contributed by atoms with Gasteiger partial charge in [0.15, 0.2) is 0 Å². The molecule has 2 fully saturated rings. The molecule has 2 N–H and O–H groups in total. The van der Waals surface area contributed by atoms with Gasteiger partial charge in [-0.3, -0.25) is 0 Å². The zero-order valence-corrected chi connectivity index (χ0v) is 12.7. The number of morpholine rings is 1. The maximum Gasteiger partial charge on any atom is 0.323 e. The Bertz CT molecular complexity index is 494. The van der Waals surface area contributed by atoms with Crippen LogP contribution in [0.1, 0.15) is 39.5 Å². The van der Waals surface area contributed by atoms with Gasteiger partial charge in [0.1, 0.15) is 0 Å². The number of aromatic nitrogens is 3. The second-order valence-corrected chi connectivity index (χ2v) is 5.90. The number of rotatable bonds is 3. The van der Waals surface area contributed by atoms with E-state index in [2.05, 4.69) is 19.9 Å². The van der Waals surface area contributed by atoms with Crippen LogP contribution in [0.5, 0.6) is 6.01 Å². The van der Waals surface area contributed by atoms with Crippen LogP contribution in [-0.2, 0) is 4.74 Å². The van der Waals surface area contributed by atoms with E-state index in [0.29, 0.717) is 24.6 Å². The minimum Gasteiger partial charge on any atom is -0.461 e. The first-order chi connectivity index (χ1) is 10.1. The van der Waals surface area contributed by atoms with Crippen molar-refractivity contribution >= 4 is 11.9 Å². The van der Waals surface area contributed by atoms with E-state index < -0.39 is 0 Å². The zero-order valence-electron chi connectivity index (χ0n) is 12.7. The number of hydrogen-bond acceptors (Lipinski definition) is 7. The summed E-state index contributed by atoms with van der Waals surface area (Å²) in [6, 6.07) is 0.632. The van der Waals surface area contributed by atoms with Crippen LogP contribution in [0, 0.1) is 0 Å². The molecule has 2 unspecified atom stereocenters. The highest BCUT2D eigenvalue weighted by Gasteiger charge is 2.35. The fraction of sp³-hybridized carbons (Fsp3) is 0.786. The SMILES string of the molecule is CC(C)Oc1nc(N)nc(N2CCOC3CCCCC32)n1. The molecule has 1 aliphatic heterocycles. The van der Waals surface area contributed by atoms with Crippen LogP contribution in [0.25, 0.3) is 0 Å². The lowest BCUT2D eigenvalue weighted by Gasteiger charge is -2.43. The Morgan fingerprint density at radius 3 is 2.86 bits per heavy atom. The number of fused-ring (bicyclic) bond motifs is 1. The molecule has 2 aliphatic rings. The van der Waals surface area contributed by atoms with Crippen molar-refractivity contribution in [2.24, 2.45) is 0 Å². The summed E-state index contributed by atoms with van der Waals surface area (Å²) in [7, 11) is 0. The fourth-order valence-electron chi connectivity index (χ4n) is 3.10. The first-order valence-corrected chi connectivity index (χ1v) is 7.70. The van der Waals surface area contributed by atoms with Crippen LogP contribution in [0.3, 0.4) is 0 Å². The van der Waals surface area contributed by atoms with Gasteiger partial charge in [0, 0.05) is 6.54 Å². The van der Waals surface area contributed by atoms with E-state index in [4.69, 9.17) is 15.2 Å². The van der Waals surface area contributed by atoms with Gasteiger partial charge in [-0.15, -0.1) is 0 Å². The second kappa shape index (κ2) is 6.01. The smallest absolute Gasteiger partial charge is 0.323 e. The number of nitrogens with zero attached hydrogens (tertiary/aromatic N) is 4. The van der Waals surface area contributed by atoms with Crippen molar-refractivity contribution < 1.29 is 9.47 Å². The predicted octanol–water partition coefficient (Wildman–Crippen LogP) is 1.39. The molecule has 3 rings (SSSR count). The molecule has 116 valence electrons. The molecule has 1 saturated heterocycles.